The molecule has 2 aliphatic heterocycles. The largest absolute Gasteiger partial charge is 0.496 e. The molecule has 0 unspecified atom stereocenters. The lowest BCUT2D eigenvalue weighted by atomic mass is 9.78. The van der Waals surface area contributed by atoms with E-state index >= 15 is 0 Å². The molecule has 1 aromatic carbocycles. The van der Waals surface area contributed by atoms with Crippen molar-refractivity contribution in [2.75, 3.05) is 26.8 Å². The van der Waals surface area contributed by atoms with Crippen LogP contribution in [0.15, 0.2) is 36.5 Å². The van der Waals surface area contributed by atoms with Gasteiger partial charge in [0.05, 0.1) is 18.7 Å². The quantitative estimate of drug-likeness (QED) is 0.621. The van der Waals surface area contributed by atoms with Crippen LogP contribution in [0.4, 0.5) is 4.39 Å². The molecule has 1 fully saturated rings. The molecule has 8 heteroatoms. The fourth-order valence-electron chi connectivity index (χ4n) is 4.64. The monoisotopic (exact) mass is 429 g/mol. The number of nitrogens with zero attached hydrogens (tertiary/aromatic N) is 3. The number of carbonyl (C=O) groups excluding carboxylic acids is 1. The van der Waals surface area contributed by atoms with Gasteiger partial charge in [-0.2, -0.15) is 4.39 Å². The van der Waals surface area contributed by atoms with Gasteiger partial charge < -0.3 is 14.4 Å². The maximum atomic E-state index is 14.8. The lowest BCUT2D eigenvalue weighted by Crippen LogP contribution is -2.48. The van der Waals surface area contributed by atoms with Crippen molar-refractivity contribution in [1.29, 1.82) is 0 Å². The van der Waals surface area contributed by atoms with Gasteiger partial charge in [-0.1, -0.05) is 23.7 Å². The molecule has 1 amide bonds. The second kappa shape index (κ2) is 7.25. The first kappa shape index (κ1) is 19.3. The molecule has 1 spiro atoms. The van der Waals surface area contributed by atoms with E-state index in [1.54, 1.807) is 24.1 Å². The maximum Gasteiger partial charge on any atom is 0.277 e. The first-order valence-electron chi connectivity index (χ1n) is 9.95. The third-order valence-electron chi connectivity index (χ3n) is 6.12. The van der Waals surface area contributed by atoms with E-state index in [-0.39, 0.29) is 5.69 Å². The number of hydrogen-bond donors (Lipinski definition) is 0. The normalized spacial score (nSPS) is 17.9. The summed E-state index contributed by atoms with van der Waals surface area (Å²) >= 11 is 5.94. The van der Waals surface area contributed by atoms with Crippen LogP contribution in [0, 0.1) is 5.95 Å². The molecule has 0 N–H and O–H groups in total. The lowest BCUT2D eigenvalue weighted by Gasteiger charge is -2.45. The highest BCUT2D eigenvalue weighted by atomic mass is 35.5. The number of amides is 1. The number of imidazole rings is 1. The van der Waals surface area contributed by atoms with Crippen molar-refractivity contribution >= 4 is 23.2 Å². The average molecular weight is 430 g/mol. The summed E-state index contributed by atoms with van der Waals surface area (Å²) in [4.78, 5) is 18.9. The summed E-state index contributed by atoms with van der Waals surface area (Å²) in [6.07, 6.45) is 3.49. The van der Waals surface area contributed by atoms with Gasteiger partial charge in [0.15, 0.2) is 5.69 Å². The number of aromatic nitrogens is 2. The van der Waals surface area contributed by atoms with Gasteiger partial charge in [-0.3, -0.25) is 9.20 Å². The van der Waals surface area contributed by atoms with E-state index in [2.05, 4.69) is 11.1 Å². The van der Waals surface area contributed by atoms with Gasteiger partial charge in [0.1, 0.15) is 17.0 Å². The number of rotatable bonds is 2. The molecule has 1 saturated heterocycles. The molecule has 0 atom stereocenters. The van der Waals surface area contributed by atoms with Gasteiger partial charge in [-0.25, -0.2) is 4.98 Å². The molecular formula is C22H21ClFN3O3. The lowest BCUT2D eigenvalue weighted by molar-refractivity contribution is -0.0947. The average Bonchev–Trinajstić information content (AvgIpc) is 3.09. The van der Waals surface area contributed by atoms with Crippen molar-refractivity contribution in [3.05, 3.63) is 64.3 Å². The fourth-order valence-corrected chi connectivity index (χ4v) is 4.80. The van der Waals surface area contributed by atoms with Gasteiger partial charge in [0.25, 0.3) is 5.91 Å². The molecule has 156 valence electrons. The van der Waals surface area contributed by atoms with Crippen LogP contribution < -0.4 is 4.74 Å². The van der Waals surface area contributed by atoms with E-state index in [1.807, 2.05) is 12.1 Å². The maximum absolute atomic E-state index is 14.8. The van der Waals surface area contributed by atoms with Gasteiger partial charge in [-0.05, 0) is 43.0 Å². The summed E-state index contributed by atoms with van der Waals surface area (Å²) in [5, 5.41) is 0.375. The van der Waals surface area contributed by atoms with Gasteiger partial charge >= 0.3 is 0 Å². The Balaban J connectivity index is 1.41. The Labute approximate surface area is 178 Å². The van der Waals surface area contributed by atoms with E-state index in [1.165, 1.54) is 16.2 Å². The van der Waals surface area contributed by atoms with Crippen molar-refractivity contribution in [2.45, 2.75) is 24.9 Å². The predicted molar refractivity (Wildman–Crippen MR) is 110 cm³/mol. The number of piperidine rings is 1. The zero-order chi connectivity index (χ0) is 20.9. The van der Waals surface area contributed by atoms with E-state index < -0.39 is 17.5 Å². The number of carbonyl (C=O) groups is 1. The fraction of sp³-hybridized carbons (Fsp3) is 0.364. The Morgan fingerprint density at radius 2 is 2.07 bits per heavy atom. The Kier molecular flexibility index (Phi) is 4.67. The van der Waals surface area contributed by atoms with E-state index in [9.17, 15) is 9.18 Å². The van der Waals surface area contributed by atoms with Gasteiger partial charge in [0.2, 0.25) is 5.95 Å². The minimum Gasteiger partial charge on any atom is -0.496 e. The number of benzene rings is 1. The predicted octanol–water partition coefficient (Wildman–Crippen LogP) is 3.84. The summed E-state index contributed by atoms with van der Waals surface area (Å²) in [5.74, 6) is -0.299. The van der Waals surface area contributed by atoms with Gasteiger partial charge in [0, 0.05) is 24.8 Å². The highest BCUT2D eigenvalue weighted by molar-refractivity contribution is 6.30. The summed E-state index contributed by atoms with van der Waals surface area (Å²) in [5.41, 5.74) is 1.99. The second-order valence-corrected chi connectivity index (χ2v) is 8.14. The molecular weight excluding hydrogens is 409 g/mol. The molecule has 0 saturated carbocycles. The highest BCUT2D eigenvalue weighted by Crippen LogP contribution is 2.45. The third kappa shape index (κ3) is 2.96. The van der Waals surface area contributed by atoms with E-state index in [4.69, 9.17) is 21.1 Å². The van der Waals surface area contributed by atoms with Crippen molar-refractivity contribution in [3.63, 3.8) is 0 Å². The number of methoxy groups -OCH3 is 1. The van der Waals surface area contributed by atoms with Crippen LogP contribution in [0.25, 0.3) is 5.65 Å². The van der Waals surface area contributed by atoms with Crippen LogP contribution in [0.1, 0.15) is 34.5 Å². The summed E-state index contributed by atoms with van der Waals surface area (Å²) < 4.78 is 27.9. The Morgan fingerprint density at radius 1 is 1.27 bits per heavy atom. The van der Waals surface area contributed by atoms with Crippen molar-refractivity contribution in [1.82, 2.24) is 14.3 Å². The first-order valence-corrected chi connectivity index (χ1v) is 10.3. The SMILES string of the molecule is COc1cccc2c1C1(CCN(C(=O)c3nc4ccc(Cl)cn4c3F)CC1)OCC2. The third-order valence-corrected chi connectivity index (χ3v) is 6.35. The standard InChI is InChI=1S/C22H21ClFN3O3/c1-29-16-4-2-3-14-7-12-30-22(18(14)16)8-10-26(11-9-22)21(28)19-20(24)27-13-15(23)5-6-17(27)25-19/h2-6,13H,7-12H2,1H3. The molecule has 0 bridgehead atoms. The summed E-state index contributed by atoms with van der Waals surface area (Å²) in [6.45, 7) is 1.53. The summed E-state index contributed by atoms with van der Waals surface area (Å²) in [6, 6.07) is 9.26. The Bertz CT molecular complexity index is 1120. The molecule has 3 aromatic rings. The van der Waals surface area contributed by atoms with Crippen LogP contribution >= 0.6 is 11.6 Å². The number of likely N-dealkylation sites (tertiary alicyclic amines) is 1. The number of hydrogen-bond acceptors (Lipinski definition) is 4. The molecule has 4 heterocycles. The van der Waals surface area contributed by atoms with E-state index in [0.717, 1.165) is 17.7 Å². The molecule has 2 aliphatic rings. The number of pyridine rings is 1. The Hall–Kier alpha value is -2.64. The first-order chi connectivity index (χ1) is 14.5. The zero-order valence-corrected chi connectivity index (χ0v) is 17.3. The topological polar surface area (TPSA) is 56.1 Å². The number of ether oxygens (including phenoxy) is 2. The second-order valence-electron chi connectivity index (χ2n) is 7.71. The minimum atomic E-state index is -0.696. The zero-order valence-electron chi connectivity index (χ0n) is 16.5. The molecule has 2 aromatic heterocycles. The van der Waals surface area contributed by atoms with Crippen molar-refractivity contribution in [2.24, 2.45) is 0 Å². The molecule has 0 radical (unpaired) electrons. The Morgan fingerprint density at radius 3 is 2.83 bits per heavy atom. The summed E-state index contributed by atoms with van der Waals surface area (Å²) in [7, 11) is 1.66. The molecule has 0 aliphatic carbocycles. The van der Waals surface area contributed by atoms with Gasteiger partial charge in [-0.15, -0.1) is 0 Å². The smallest absolute Gasteiger partial charge is 0.277 e. The number of fused-ring (bicyclic) bond motifs is 3. The van der Waals surface area contributed by atoms with Crippen LogP contribution in [0.3, 0.4) is 0 Å². The van der Waals surface area contributed by atoms with Crippen molar-refractivity contribution < 1.29 is 18.7 Å². The highest BCUT2D eigenvalue weighted by Gasteiger charge is 2.44. The minimum absolute atomic E-state index is 0.184. The van der Waals surface area contributed by atoms with Crippen LogP contribution in [-0.2, 0) is 16.8 Å². The molecule has 6 nitrogen and oxygen atoms in total. The number of halogens is 2. The van der Waals surface area contributed by atoms with Crippen LogP contribution in [0.2, 0.25) is 5.02 Å². The van der Waals surface area contributed by atoms with Crippen LogP contribution in [0.5, 0.6) is 5.75 Å². The van der Waals surface area contributed by atoms with Crippen molar-refractivity contribution in [3.8, 4) is 5.75 Å². The van der Waals surface area contributed by atoms with E-state index in [0.29, 0.717) is 43.2 Å². The molecule has 30 heavy (non-hydrogen) atoms. The molecule has 5 rings (SSSR count). The van der Waals surface area contributed by atoms with Crippen LogP contribution in [-0.4, -0.2) is 47.0 Å².